The summed E-state index contributed by atoms with van der Waals surface area (Å²) in [6.07, 6.45) is 1.64. The normalized spacial score (nSPS) is 10.6. The van der Waals surface area contributed by atoms with Crippen molar-refractivity contribution in [2.45, 2.75) is 6.54 Å². The molecule has 2 N–H and O–H groups in total. The first-order valence-electron chi connectivity index (χ1n) is 7.17. The zero-order chi connectivity index (χ0) is 17.5. The molecule has 0 bridgehead atoms. The molecule has 5 nitrogen and oxygen atoms in total. The van der Waals surface area contributed by atoms with Crippen molar-refractivity contribution in [3.05, 3.63) is 58.1 Å². The summed E-state index contributed by atoms with van der Waals surface area (Å²) in [5, 5.41) is 19.3. The Labute approximate surface area is 155 Å². The highest BCUT2D eigenvalue weighted by atomic mass is 79.9. The van der Waals surface area contributed by atoms with Crippen LogP contribution in [0.25, 0.3) is 0 Å². The Balaban J connectivity index is 1.98. The molecule has 0 radical (unpaired) electrons. The van der Waals surface area contributed by atoms with Gasteiger partial charge in [-0.05, 0) is 51.4 Å². The van der Waals surface area contributed by atoms with Gasteiger partial charge in [-0.3, -0.25) is 0 Å². The van der Waals surface area contributed by atoms with Crippen molar-refractivity contribution >= 4 is 39.5 Å². The van der Waals surface area contributed by atoms with E-state index in [1.165, 1.54) is 7.11 Å². The van der Waals surface area contributed by atoms with Crippen LogP contribution in [0, 0.1) is 0 Å². The molecule has 0 aliphatic rings. The second-order valence-corrected chi connectivity index (χ2v) is 6.21. The van der Waals surface area contributed by atoms with E-state index in [-0.39, 0.29) is 5.75 Å². The van der Waals surface area contributed by atoms with Gasteiger partial charge in [0.2, 0.25) is 0 Å². The second-order valence-electron chi connectivity index (χ2n) is 4.97. The lowest BCUT2D eigenvalue weighted by Crippen LogP contribution is -2.33. The summed E-state index contributed by atoms with van der Waals surface area (Å²) < 4.78 is 5.65. The van der Waals surface area contributed by atoms with Crippen LogP contribution in [0.2, 0.25) is 0 Å². The van der Waals surface area contributed by atoms with Crippen molar-refractivity contribution in [2.75, 3.05) is 14.2 Å². The highest BCUT2D eigenvalue weighted by Gasteiger charge is 2.08. The molecular weight excluding hydrogens is 390 g/mol. The maximum Gasteiger partial charge on any atom is 0.189 e. The van der Waals surface area contributed by atoms with Crippen molar-refractivity contribution in [3.8, 4) is 11.5 Å². The monoisotopic (exact) mass is 407 g/mol. The van der Waals surface area contributed by atoms with E-state index in [4.69, 9.17) is 17.0 Å². The van der Waals surface area contributed by atoms with E-state index < -0.39 is 0 Å². The molecule has 0 spiro atoms. The van der Waals surface area contributed by atoms with Crippen molar-refractivity contribution in [3.63, 3.8) is 0 Å². The molecule has 2 aromatic carbocycles. The number of ether oxygens (including phenoxy) is 1. The standard InChI is InChI=1S/C17H18BrN3O2S/c1-21(17(24)19-10-12-6-4-3-5-7-12)20-11-13-8-14(18)16(22)15(9-13)23-2/h3-9,11,22H,10H2,1-2H3,(H,19,24)/b20-11+. The number of rotatable bonds is 5. The number of hydrogen-bond donors (Lipinski definition) is 2. The summed E-state index contributed by atoms with van der Waals surface area (Å²) in [6, 6.07) is 13.4. The van der Waals surface area contributed by atoms with E-state index in [1.54, 1.807) is 30.4 Å². The average Bonchev–Trinajstić information content (AvgIpc) is 2.61. The molecule has 0 aliphatic heterocycles. The maximum atomic E-state index is 9.81. The Hall–Kier alpha value is -2.12. The van der Waals surface area contributed by atoms with Crippen molar-refractivity contribution in [1.82, 2.24) is 10.3 Å². The van der Waals surface area contributed by atoms with Gasteiger partial charge in [0.25, 0.3) is 0 Å². The fourth-order valence-corrected chi connectivity index (χ4v) is 2.50. The van der Waals surface area contributed by atoms with E-state index in [0.29, 0.717) is 21.9 Å². The van der Waals surface area contributed by atoms with Crippen LogP contribution < -0.4 is 10.1 Å². The number of hydrazone groups is 1. The van der Waals surface area contributed by atoms with Gasteiger partial charge in [-0.1, -0.05) is 30.3 Å². The van der Waals surface area contributed by atoms with Gasteiger partial charge in [0.15, 0.2) is 16.6 Å². The molecule has 126 valence electrons. The third kappa shape index (κ3) is 4.94. The number of nitrogens with zero attached hydrogens (tertiary/aromatic N) is 2. The number of benzene rings is 2. The summed E-state index contributed by atoms with van der Waals surface area (Å²) in [5.41, 5.74) is 1.92. The minimum absolute atomic E-state index is 0.0584. The fraction of sp³-hybridized carbons (Fsp3) is 0.176. The molecular formula is C17H18BrN3O2S. The van der Waals surface area contributed by atoms with Crippen LogP contribution in [0.1, 0.15) is 11.1 Å². The number of nitrogens with one attached hydrogen (secondary N) is 1. The Kier molecular flexibility index (Phi) is 6.57. The number of halogens is 1. The van der Waals surface area contributed by atoms with Crippen LogP contribution in [0.5, 0.6) is 11.5 Å². The predicted molar refractivity (Wildman–Crippen MR) is 104 cm³/mol. The molecule has 0 unspecified atom stereocenters. The van der Waals surface area contributed by atoms with Gasteiger partial charge < -0.3 is 15.2 Å². The first kappa shape index (κ1) is 18.2. The Morgan fingerprint density at radius 1 is 1.38 bits per heavy atom. The summed E-state index contributed by atoms with van der Waals surface area (Å²) in [6.45, 7) is 0.637. The summed E-state index contributed by atoms with van der Waals surface area (Å²) in [7, 11) is 3.26. The average molecular weight is 408 g/mol. The van der Waals surface area contributed by atoms with Gasteiger partial charge in [-0.2, -0.15) is 5.10 Å². The molecule has 0 atom stereocenters. The quantitative estimate of drug-likeness (QED) is 0.451. The van der Waals surface area contributed by atoms with Crippen LogP contribution in [0.15, 0.2) is 52.0 Å². The van der Waals surface area contributed by atoms with E-state index in [0.717, 1.165) is 11.1 Å². The molecule has 0 aliphatic carbocycles. The SMILES string of the molecule is COc1cc(/C=N/N(C)C(=S)NCc2ccccc2)cc(Br)c1O. The molecule has 0 heterocycles. The van der Waals surface area contributed by atoms with Gasteiger partial charge in [-0.25, -0.2) is 5.01 Å². The van der Waals surface area contributed by atoms with Gasteiger partial charge in [0, 0.05) is 13.6 Å². The largest absolute Gasteiger partial charge is 0.503 e. The molecule has 2 aromatic rings. The van der Waals surface area contributed by atoms with Crippen LogP contribution >= 0.6 is 28.1 Å². The van der Waals surface area contributed by atoms with E-state index in [1.807, 2.05) is 30.3 Å². The lowest BCUT2D eigenvalue weighted by atomic mass is 10.2. The Morgan fingerprint density at radius 3 is 2.75 bits per heavy atom. The minimum Gasteiger partial charge on any atom is -0.503 e. The number of thiocarbonyl (C=S) groups is 1. The number of phenols is 1. The summed E-state index contributed by atoms with van der Waals surface area (Å²) in [4.78, 5) is 0. The van der Waals surface area contributed by atoms with Crippen LogP contribution in [0.4, 0.5) is 0 Å². The van der Waals surface area contributed by atoms with Gasteiger partial charge in [-0.15, -0.1) is 0 Å². The zero-order valence-corrected chi connectivity index (χ0v) is 15.8. The molecule has 24 heavy (non-hydrogen) atoms. The first-order chi connectivity index (χ1) is 11.5. The second kappa shape index (κ2) is 8.65. The third-order valence-corrected chi connectivity index (χ3v) is 4.24. The molecule has 0 fully saturated rings. The topological polar surface area (TPSA) is 57.1 Å². The van der Waals surface area contributed by atoms with E-state index in [9.17, 15) is 5.11 Å². The minimum atomic E-state index is 0.0584. The smallest absolute Gasteiger partial charge is 0.189 e. The number of hydrogen-bond acceptors (Lipinski definition) is 4. The number of phenolic OH excluding ortho intramolecular Hbond substituents is 1. The Bertz CT molecular complexity index is 738. The lowest BCUT2D eigenvalue weighted by molar-refractivity contribution is 0.372. The molecule has 7 heteroatoms. The highest BCUT2D eigenvalue weighted by Crippen LogP contribution is 2.34. The molecule has 0 saturated heterocycles. The maximum absolute atomic E-state index is 9.81. The predicted octanol–water partition coefficient (Wildman–Crippen LogP) is 3.50. The summed E-state index contributed by atoms with van der Waals surface area (Å²) in [5.74, 6) is 0.432. The third-order valence-electron chi connectivity index (χ3n) is 3.23. The summed E-state index contributed by atoms with van der Waals surface area (Å²) >= 11 is 8.59. The Morgan fingerprint density at radius 2 is 2.08 bits per heavy atom. The van der Waals surface area contributed by atoms with Crippen molar-refractivity contribution < 1.29 is 9.84 Å². The van der Waals surface area contributed by atoms with E-state index >= 15 is 0 Å². The molecule has 0 saturated carbocycles. The van der Waals surface area contributed by atoms with Crippen molar-refractivity contribution in [2.24, 2.45) is 5.10 Å². The lowest BCUT2D eigenvalue weighted by Gasteiger charge is -2.15. The van der Waals surface area contributed by atoms with Crippen LogP contribution in [-0.2, 0) is 6.54 Å². The molecule has 0 amide bonds. The highest BCUT2D eigenvalue weighted by molar-refractivity contribution is 9.10. The fourth-order valence-electron chi connectivity index (χ4n) is 1.92. The number of methoxy groups -OCH3 is 1. The van der Waals surface area contributed by atoms with Crippen LogP contribution in [-0.4, -0.2) is 35.6 Å². The number of aromatic hydroxyl groups is 1. The first-order valence-corrected chi connectivity index (χ1v) is 8.37. The zero-order valence-electron chi connectivity index (χ0n) is 13.4. The van der Waals surface area contributed by atoms with Crippen LogP contribution in [0.3, 0.4) is 0 Å². The van der Waals surface area contributed by atoms with Crippen molar-refractivity contribution in [1.29, 1.82) is 0 Å². The van der Waals surface area contributed by atoms with Gasteiger partial charge in [0.1, 0.15) is 0 Å². The van der Waals surface area contributed by atoms with Gasteiger partial charge >= 0.3 is 0 Å². The molecule has 0 aromatic heterocycles. The molecule has 2 rings (SSSR count). The van der Waals surface area contributed by atoms with E-state index in [2.05, 4.69) is 26.3 Å². The van der Waals surface area contributed by atoms with Gasteiger partial charge in [0.05, 0.1) is 17.8 Å².